The smallest absolute Gasteiger partial charge is 0.272 e. The first-order valence-electron chi connectivity index (χ1n) is 8.84. The standard InChI is InChI=1S/C20H24BrN3O/c1-14-12-16(15(2)24(14)17-8-4-3-5-9-17)13-22-23-20(25)18-10-6-7-11-19(18)21/h6-7,10-13,17H,3-5,8-9H2,1-2H3,(H,23,25)/b22-13-. The molecular formula is C20H24BrN3O. The molecule has 1 heterocycles. The van der Waals surface area contributed by atoms with Gasteiger partial charge in [0.15, 0.2) is 0 Å². The van der Waals surface area contributed by atoms with E-state index in [4.69, 9.17) is 0 Å². The number of hydrazone groups is 1. The van der Waals surface area contributed by atoms with E-state index in [2.05, 4.69) is 50.9 Å². The highest BCUT2D eigenvalue weighted by Crippen LogP contribution is 2.31. The average molecular weight is 402 g/mol. The fourth-order valence-electron chi connectivity index (χ4n) is 3.70. The third kappa shape index (κ3) is 4.03. The summed E-state index contributed by atoms with van der Waals surface area (Å²) in [5.74, 6) is -0.218. The Labute approximate surface area is 157 Å². The first kappa shape index (κ1) is 17.9. The van der Waals surface area contributed by atoms with Crippen LogP contribution in [-0.2, 0) is 0 Å². The molecule has 0 radical (unpaired) electrons. The first-order valence-corrected chi connectivity index (χ1v) is 9.63. The van der Waals surface area contributed by atoms with Gasteiger partial charge in [0.2, 0.25) is 0 Å². The second kappa shape index (κ2) is 8.00. The molecule has 0 unspecified atom stereocenters. The van der Waals surface area contributed by atoms with Crippen molar-refractivity contribution in [2.75, 3.05) is 0 Å². The fraction of sp³-hybridized carbons (Fsp3) is 0.400. The molecule has 1 aliphatic carbocycles. The van der Waals surface area contributed by atoms with Crippen molar-refractivity contribution in [2.45, 2.75) is 52.0 Å². The van der Waals surface area contributed by atoms with Crippen molar-refractivity contribution in [3.8, 4) is 0 Å². The second-order valence-corrected chi connectivity index (χ2v) is 7.52. The Morgan fingerprint density at radius 2 is 1.96 bits per heavy atom. The van der Waals surface area contributed by atoms with Gasteiger partial charge in [-0.1, -0.05) is 31.4 Å². The maximum atomic E-state index is 12.2. The summed E-state index contributed by atoms with van der Waals surface area (Å²) in [7, 11) is 0. The first-order chi connectivity index (χ1) is 12.1. The summed E-state index contributed by atoms with van der Waals surface area (Å²) in [5, 5.41) is 4.16. The van der Waals surface area contributed by atoms with Crippen LogP contribution in [0.3, 0.4) is 0 Å². The number of carbonyl (C=O) groups is 1. The number of carbonyl (C=O) groups excluding carboxylic acids is 1. The predicted octanol–water partition coefficient (Wildman–Crippen LogP) is 5.14. The van der Waals surface area contributed by atoms with E-state index in [9.17, 15) is 4.79 Å². The van der Waals surface area contributed by atoms with Crippen molar-refractivity contribution in [3.63, 3.8) is 0 Å². The number of aromatic nitrogens is 1. The monoisotopic (exact) mass is 401 g/mol. The van der Waals surface area contributed by atoms with Crippen LogP contribution in [0, 0.1) is 13.8 Å². The molecule has 1 N–H and O–H groups in total. The fourth-order valence-corrected chi connectivity index (χ4v) is 4.17. The van der Waals surface area contributed by atoms with E-state index in [1.54, 1.807) is 12.3 Å². The zero-order chi connectivity index (χ0) is 17.8. The van der Waals surface area contributed by atoms with E-state index in [1.165, 1.54) is 43.5 Å². The third-order valence-corrected chi connectivity index (χ3v) is 5.64. The predicted molar refractivity (Wildman–Crippen MR) is 105 cm³/mol. The van der Waals surface area contributed by atoms with Gasteiger partial charge >= 0.3 is 0 Å². The summed E-state index contributed by atoms with van der Waals surface area (Å²) in [5.41, 5.74) is 6.75. The molecule has 0 atom stereocenters. The molecule has 0 aliphatic heterocycles. The number of benzene rings is 1. The lowest BCUT2D eigenvalue weighted by Gasteiger charge is -2.26. The van der Waals surface area contributed by atoms with Gasteiger partial charge in [-0.3, -0.25) is 4.79 Å². The molecule has 25 heavy (non-hydrogen) atoms. The highest BCUT2D eigenvalue weighted by atomic mass is 79.9. The van der Waals surface area contributed by atoms with Crippen molar-refractivity contribution < 1.29 is 4.79 Å². The largest absolute Gasteiger partial charge is 0.345 e. The Morgan fingerprint density at radius 3 is 2.68 bits per heavy atom. The molecule has 1 fully saturated rings. The molecule has 4 nitrogen and oxygen atoms in total. The Balaban J connectivity index is 1.71. The molecule has 3 rings (SSSR count). The quantitative estimate of drug-likeness (QED) is 0.559. The van der Waals surface area contributed by atoms with E-state index in [0.29, 0.717) is 11.6 Å². The van der Waals surface area contributed by atoms with E-state index >= 15 is 0 Å². The number of hydrogen-bond acceptors (Lipinski definition) is 2. The minimum absolute atomic E-state index is 0.218. The van der Waals surface area contributed by atoms with E-state index in [1.807, 2.05) is 18.2 Å². The topological polar surface area (TPSA) is 46.4 Å². The van der Waals surface area contributed by atoms with Crippen molar-refractivity contribution in [1.29, 1.82) is 0 Å². The van der Waals surface area contributed by atoms with Gasteiger partial charge in [-0.25, -0.2) is 5.43 Å². The lowest BCUT2D eigenvalue weighted by atomic mass is 9.95. The van der Waals surface area contributed by atoms with E-state index in [0.717, 1.165) is 10.0 Å². The van der Waals surface area contributed by atoms with Gasteiger partial charge in [0.05, 0.1) is 11.8 Å². The molecule has 2 aromatic rings. The van der Waals surface area contributed by atoms with Crippen LogP contribution in [0.1, 0.15) is 65.5 Å². The van der Waals surface area contributed by atoms with Crippen LogP contribution >= 0.6 is 15.9 Å². The number of halogens is 1. The second-order valence-electron chi connectivity index (χ2n) is 6.67. The molecule has 1 amide bonds. The maximum Gasteiger partial charge on any atom is 0.272 e. The van der Waals surface area contributed by atoms with Crippen LogP contribution in [0.4, 0.5) is 0 Å². The Bertz CT molecular complexity index is 788. The molecule has 1 aliphatic rings. The van der Waals surface area contributed by atoms with Crippen molar-refractivity contribution in [3.05, 3.63) is 57.3 Å². The number of rotatable bonds is 4. The van der Waals surface area contributed by atoms with Crippen LogP contribution in [0.15, 0.2) is 39.9 Å². The normalized spacial score (nSPS) is 15.6. The Kier molecular flexibility index (Phi) is 5.74. The van der Waals surface area contributed by atoms with Crippen LogP contribution in [0.25, 0.3) is 0 Å². The molecule has 5 heteroatoms. The molecular weight excluding hydrogens is 378 g/mol. The van der Waals surface area contributed by atoms with Crippen molar-refractivity contribution in [2.24, 2.45) is 5.10 Å². The minimum Gasteiger partial charge on any atom is -0.345 e. The SMILES string of the molecule is Cc1cc(/C=N\NC(=O)c2ccccc2Br)c(C)n1C1CCCCC1. The van der Waals surface area contributed by atoms with Gasteiger partial charge in [0.25, 0.3) is 5.91 Å². The molecule has 132 valence electrons. The van der Waals surface area contributed by atoms with Gasteiger partial charge < -0.3 is 4.57 Å². The summed E-state index contributed by atoms with van der Waals surface area (Å²) in [6.45, 7) is 4.29. The Morgan fingerprint density at radius 1 is 1.24 bits per heavy atom. The molecule has 1 aromatic heterocycles. The zero-order valence-electron chi connectivity index (χ0n) is 14.8. The summed E-state index contributed by atoms with van der Waals surface area (Å²) in [6, 6.07) is 10.1. The maximum absolute atomic E-state index is 12.2. The van der Waals surface area contributed by atoms with Gasteiger partial charge in [0, 0.05) is 27.5 Å². The van der Waals surface area contributed by atoms with Crippen LogP contribution in [0.5, 0.6) is 0 Å². The summed E-state index contributed by atoms with van der Waals surface area (Å²) in [4.78, 5) is 12.2. The molecule has 0 saturated heterocycles. The summed E-state index contributed by atoms with van der Waals surface area (Å²) >= 11 is 3.39. The molecule has 0 bridgehead atoms. The number of amides is 1. The Hall–Kier alpha value is -1.88. The highest BCUT2D eigenvalue weighted by molar-refractivity contribution is 9.10. The number of nitrogens with one attached hydrogen (secondary N) is 1. The van der Waals surface area contributed by atoms with Gasteiger partial charge in [0.1, 0.15) is 0 Å². The van der Waals surface area contributed by atoms with E-state index in [-0.39, 0.29) is 5.91 Å². The molecule has 1 aromatic carbocycles. The molecule has 1 saturated carbocycles. The highest BCUT2D eigenvalue weighted by Gasteiger charge is 2.19. The zero-order valence-corrected chi connectivity index (χ0v) is 16.3. The van der Waals surface area contributed by atoms with E-state index < -0.39 is 0 Å². The van der Waals surface area contributed by atoms with Gasteiger partial charge in [-0.2, -0.15) is 5.10 Å². The lowest BCUT2D eigenvalue weighted by Crippen LogP contribution is -2.18. The minimum atomic E-state index is -0.218. The average Bonchev–Trinajstić information content (AvgIpc) is 2.89. The van der Waals surface area contributed by atoms with Crippen LogP contribution in [-0.4, -0.2) is 16.7 Å². The number of nitrogens with zero attached hydrogens (tertiary/aromatic N) is 2. The number of aryl methyl sites for hydroxylation is 1. The van der Waals surface area contributed by atoms with Crippen LogP contribution in [0.2, 0.25) is 0 Å². The molecule has 0 spiro atoms. The van der Waals surface area contributed by atoms with Crippen molar-refractivity contribution in [1.82, 2.24) is 9.99 Å². The summed E-state index contributed by atoms with van der Waals surface area (Å²) < 4.78 is 3.20. The van der Waals surface area contributed by atoms with Crippen LogP contribution < -0.4 is 5.43 Å². The number of hydrogen-bond donors (Lipinski definition) is 1. The van der Waals surface area contributed by atoms with Gasteiger partial charge in [-0.15, -0.1) is 0 Å². The third-order valence-electron chi connectivity index (χ3n) is 4.95. The van der Waals surface area contributed by atoms with Crippen molar-refractivity contribution >= 4 is 28.1 Å². The lowest BCUT2D eigenvalue weighted by molar-refractivity contribution is 0.0954. The van der Waals surface area contributed by atoms with Gasteiger partial charge in [-0.05, 0) is 60.8 Å². The summed E-state index contributed by atoms with van der Waals surface area (Å²) in [6.07, 6.45) is 8.24.